The van der Waals surface area contributed by atoms with Crippen LogP contribution in [-0.4, -0.2) is 51.7 Å². The lowest BCUT2D eigenvalue weighted by Crippen LogP contribution is -2.46. The molecule has 0 saturated carbocycles. The number of fused-ring (bicyclic) bond motifs is 1. The van der Waals surface area contributed by atoms with Crippen LogP contribution in [0, 0.1) is 5.82 Å². The molecule has 0 spiro atoms. The Bertz CT molecular complexity index is 1270. The van der Waals surface area contributed by atoms with Gasteiger partial charge in [0.05, 0.1) is 38.8 Å². The van der Waals surface area contributed by atoms with E-state index < -0.39 is 17.4 Å². The number of likely N-dealkylation sites (tertiary alicyclic amines) is 1. The maximum Gasteiger partial charge on any atom is 0.410 e. The van der Waals surface area contributed by atoms with Crippen molar-refractivity contribution < 1.29 is 23.5 Å². The molecule has 1 fully saturated rings. The second-order valence-corrected chi connectivity index (χ2v) is 10.6. The number of hydrogen-bond donors (Lipinski definition) is 1. The average Bonchev–Trinajstić information content (AvgIpc) is 3.22. The van der Waals surface area contributed by atoms with Crippen LogP contribution < -0.4 is 0 Å². The monoisotopic (exact) mass is 535 g/mol. The molecule has 1 aliphatic rings. The van der Waals surface area contributed by atoms with Crippen LogP contribution in [0.15, 0.2) is 30.3 Å². The van der Waals surface area contributed by atoms with Crippen LogP contribution in [0.1, 0.15) is 56.8 Å². The number of nitrogens with one attached hydrogen (secondary N) is 1. The first-order valence-electron chi connectivity index (χ1n) is 11.8. The molecule has 3 aromatic rings. The van der Waals surface area contributed by atoms with Gasteiger partial charge in [0.2, 0.25) is 0 Å². The number of carbonyl (C=O) groups excluding carboxylic acids is 2. The highest BCUT2D eigenvalue weighted by atomic mass is 35.5. The lowest BCUT2D eigenvalue weighted by molar-refractivity contribution is 0.00533. The molecule has 4 rings (SSSR count). The van der Waals surface area contributed by atoms with Gasteiger partial charge in [0.1, 0.15) is 17.2 Å². The number of aromatic nitrogens is 2. The number of carbonyl (C=O) groups is 2. The van der Waals surface area contributed by atoms with Crippen LogP contribution in [0.25, 0.3) is 22.4 Å². The quantitative estimate of drug-likeness (QED) is 0.355. The summed E-state index contributed by atoms with van der Waals surface area (Å²) >= 11 is 12.5. The summed E-state index contributed by atoms with van der Waals surface area (Å²) in [5.41, 5.74) is 0.605. The number of piperidine rings is 1. The Morgan fingerprint density at radius 2 is 1.97 bits per heavy atom. The van der Waals surface area contributed by atoms with Gasteiger partial charge in [-0.2, -0.15) is 0 Å². The number of nitrogens with zero attached hydrogens (tertiary/aromatic N) is 2. The van der Waals surface area contributed by atoms with Crippen LogP contribution in [-0.2, 0) is 9.47 Å². The maximum atomic E-state index is 14.3. The number of aromatic amines is 1. The van der Waals surface area contributed by atoms with Crippen molar-refractivity contribution in [2.45, 2.75) is 58.1 Å². The fourth-order valence-corrected chi connectivity index (χ4v) is 4.78. The van der Waals surface area contributed by atoms with Gasteiger partial charge in [0.25, 0.3) is 0 Å². The van der Waals surface area contributed by atoms with E-state index in [9.17, 15) is 14.0 Å². The Morgan fingerprint density at radius 3 is 2.69 bits per heavy atom. The average molecular weight is 536 g/mol. The highest BCUT2D eigenvalue weighted by molar-refractivity contribution is 6.35. The number of hydrogen-bond acceptors (Lipinski definition) is 5. The molecular formula is C26H28Cl2FN3O4. The van der Waals surface area contributed by atoms with Crippen LogP contribution in [0.3, 0.4) is 0 Å². The van der Waals surface area contributed by atoms with E-state index in [-0.39, 0.29) is 45.7 Å². The van der Waals surface area contributed by atoms with E-state index in [0.717, 1.165) is 19.3 Å². The van der Waals surface area contributed by atoms with Crippen LogP contribution >= 0.6 is 23.2 Å². The zero-order valence-corrected chi connectivity index (χ0v) is 21.9. The smallest absolute Gasteiger partial charge is 0.410 e. The minimum absolute atomic E-state index is 0.0631. The molecular weight excluding hydrogens is 508 g/mol. The third-order valence-corrected chi connectivity index (χ3v) is 6.53. The SMILES string of the molecule is CC(C)(C)OC(=O)N1CCCCC1CCOC(=O)c1cc(Cl)c2[nH]c(-c3c(F)cccc3Cl)nc2c1. The molecule has 7 nitrogen and oxygen atoms in total. The van der Waals surface area contributed by atoms with E-state index in [1.165, 1.54) is 24.3 Å². The van der Waals surface area contributed by atoms with Crippen molar-refractivity contribution in [2.24, 2.45) is 0 Å². The molecule has 1 aliphatic heterocycles. The highest BCUT2D eigenvalue weighted by Gasteiger charge is 2.30. The number of halogens is 3. The summed E-state index contributed by atoms with van der Waals surface area (Å²) in [6, 6.07) is 7.30. The lowest BCUT2D eigenvalue weighted by atomic mass is 10.0. The molecule has 1 unspecified atom stereocenters. The van der Waals surface area contributed by atoms with Gasteiger partial charge in [-0.15, -0.1) is 0 Å². The molecule has 1 amide bonds. The van der Waals surface area contributed by atoms with Crippen molar-refractivity contribution in [2.75, 3.05) is 13.2 Å². The summed E-state index contributed by atoms with van der Waals surface area (Å²) in [5.74, 6) is -0.882. The molecule has 1 aromatic heterocycles. The molecule has 0 radical (unpaired) electrons. The molecule has 2 aromatic carbocycles. The summed E-state index contributed by atoms with van der Waals surface area (Å²) in [6.45, 7) is 6.25. The Balaban J connectivity index is 1.44. The second kappa shape index (κ2) is 10.6. The van der Waals surface area contributed by atoms with E-state index in [4.69, 9.17) is 32.7 Å². The van der Waals surface area contributed by atoms with Crippen molar-refractivity contribution in [1.29, 1.82) is 0 Å². The zero-order chi connectivity index (χ0) is 26.0. The molecule has 10 heteroatoms. The van der Waals surface area contributed by atoms with Gasteiger partial charge in [-0.1, -0.05) is 29.3 Å². The second-order valence-electron chi connectivity index (χ2n) is 9.78. The van der Waals surface area contributed by atoms with Gasteiger partial charge in [0.15, 0.2) is 0 Å². The topological polar surface area (TPSA) is 84.5 Å². The van der Waals surface area contributed by atoms with Gasteiger partial charge >= 0.3 is 12.1 Å². The fraction of sp³-hybridized carbons (Fsp3) is 0.423. The predicted octanol–water partition coefficient (Wildman–Crippen LogP) is 7.01. The Kier molecular flexibility index (Phi) is 7.76. The van der Waals surface area contributed by atoms with E-state index in [0.29, 0.717) is 24.0 Å². The predicted molar refractivity (Wildman–Crippen MR) is 137 cm³/mol. The third kappa shape index (κ3) is 5.93. The molecule has 2 heterocycles. The summed E-state index contributed by atoms with van der Waals surface area (Å²) < 4.78 is 25.4. The molecule has 1 N–H and O–H groups in total. The normalized spacial score (nSPS) is 16.3. The van der Waals surface area contributed by atoms with Gasteiger partial charge in [0, 0.05) is 19.0 Å². The molecule has 1 atom stereocenters. The minimum Gasteiger partial charge on any atom is -0.462 e. The number of imidazole rings is 1. The first-order chi connectivity index (χ1) is 17.0. The Labute approximate surface area is 218 Å². The van der Waals surface area contributed by atoms with E-state index in [1.807, 2.05) is 20.8 Å². The molecule has 1 saturated heterocycles. The van der Waals surface area contributed by atoms with E-state index >= 15 is 0 Å². The summed E-state index contributed by atoms with van der Waals surface area (Å²) in [4.78, 5) is 34.4. The zero-order valence-electron chi connectivity index (χ0n) is 20.4. The van der Waals surface area contributed by atoms with E-state index in [2.05, 4.69) is 9.97 Å². The highest BCUT2D eigenvalue weighted by Crippen LogP contribution is 2.32. The number of benzene rings is 2. The van der Waals surface area contributed by atoms with Crippen LogP contribution in [0.5, 0.6) is 0 Å². The fourth-order valence-electron chi connectivity index (χ4n) is 4.26. The molecule has 0 bridgehead atoms. The Hall–Kier alpha value is -2.84. The van der Waals surface area contributed by atoms with Crippen molar-refractivity contribution in [3.8, 4) is 11.4 Å². The van der Waals surface area contributed by atoms with Crippen molar-refractivity contribution in [3.05, 3.63) is 51.8 Å². The number of rotatable bonds is 5. The van der Waals surface area contributed by atoms with Crippen molar-refractivity contribution >= 4 is 46.3 Å². The van der Waals surface area contributed by atoms with Crippen molar-refractivity contribution in [1.82, 2.24) is 14.9 Å². The maximum absolute atomic E-state index is 14.3. The molecule has 0 aliphatic carbocycles. The van der Waals surface area contributed by atoms with Crippen LogP contribution in [0.4, 0.5) is 9.18 Å². The Morgan fingerprint density at radius 1 is 1.19 bits per heavy atom. The van der Waals surface area contributed by atoms with Crippen molar-refractivity contribution in [3.63, 3.8) is 0 Å². The van der Waals surface area contributed by atoms with E-state index in [1.54, 1.807) is 11.0 Å². The molecule has 192 valence electrons. The van der Waals surface area contributed by atoms with Gasteiger partial charge in [-0.3, -0.25) is 0 Å². The number of esters is 1. The summed E-state index contributed by atoms with van der Waals surface area (Å²) in [5, 5.41) is 0.446. The summed E-state index contributed by atoms with van der Waals surface area (Å²) in [6.07, 6.45) is 2.89. The minimum atomic E-state index is -0.576. The first kappa shape index (κ1) is 26.2. The largest absolute Gasteiger partial charge is 0.462 e. The number of ether oxygens (including phenoxy) is 2. The van der Waals surface area contributed by atoms with Gasteiger partial charge < -0.3 is 19.4 Å². The molecule has 36 heavy (non-hydrogen) atoms. The van der Waals surface area contributed by atoms with Gasteiger partial charge in [-0.25, -0.2) is 19.0 Å². The lowest BCUT2D eigenvalue weighted by Gasteiger charge is -2.36. The van der Waals surface area contributed by atoms with Crippen LogP contribution in [0.2, 0.25) is 10.0 Å². The first-order valence-corrected chi connectivity index (χ1v) is 12.6. The number of H-pyrrole nitrogens is 1. The standard InChI is InChI=1S/C26H28Cl2FN3O4/c1-26(2,3)36-25(34)32-11-5-4-7-16(32)10-12-35-24(33)15-13-18(28)22-20(14-15)30-23(31-22)21-17(27)8-6-9-19(21)29/h6,8-9,13-14,16H,4-5,7,10-12H2,1-3H3,(H,30,31). The third-order valence-electron chi connectivity index (χ3n) is 5.92. The number of amides is 1. The van der Waals surface area contributed by atoms with Gasteiger partial charge in [-0.05, 0) is 64.3 Å². The summed E-state index contributed by atoms with van der Waals surface area (Å²) in [7, 11) is 0.